The highest BCUT2D eigenvalue weighted by molar-refractivity contribution is 5.83. The highest BCUT2D eigenvalue weighted by Gasteiger charge is 2.08. The van der Waals surface area contributed by atoms with Gasteiger partial charge in [0.05, 0.1) is 19.3 Å². The van der Waals surface area contributed by atoms with Crippen LogP contribution in [0, 0.1) is 0 Å². The van der Waals surface area contributed by atoms with Crippen molar-refractivity contribution in [2.75, 3.05) is 33.4 Å². The Labute approximate surface area is 103 Å². The van der Waals surface area contributed by atoms with E-state index >= 15 is 0 Å². The fourth-order valence-corrected chi connectivity index (χ4v) is 1.11. The predicted molar refractivity (Wildman–Crippen MR) is 67.4 cm³/mol. The number of hydrogen-bond donors (Lipinski definition) is 2. The molecule has 0 heterocycles. The number of ether oxygens (including phenoxy) is 2. The molecule has 3 N–H and O–H groups in total. The third kappa shape index (κ3) is 8.91. The van der Waals surface area contributed by atoms with Gasteiger partial charge in [0.2, 0.25) is 0 Å². The maximum atomic E-state index is 8.44. The Morgan fingerprint density at radius 3 is 2.24 bits per heavy atom. The molecule has 0 amide bonds. The van der Waals surface area contributed by atoms with Crippen molar-refractivity contribution in [3.05, 3.63) is 0 Å². The smallest absolute Gasteiger partial charge is 0.168 e. The van der Waals surface area contributed by atoms with Crippen LogP contribution < -0.4 is 5.73 Å². The number of nitrogens with two attached hydrogens (primary N) is 1. The van der Waals surface area contributed by atoms with E-state index < -0.39 is 0 Å². The summed E-state index contributed by atoms with van der Waals surface area (Å²) in [5, 5.41) is 11.3. The third-order valence-corrected chi connectivity index (χ3v) is 2.30. The van der Waals surface area contributed by atoms with Gasteiger partial charge >= 0.3 is 0 Å². The van der Waals surface area contributed by atoms with Gasteiger partial charge in [-0.15, -0.1) is 0 Å². The van der Waals surface area contributed by atoms with Crippen LogP contribution in [0.15, 0.2) is 5.16 Å². The van der Waals surface area contributed by atoms with Crippen LogP contribution in [0.25, 0.3) is 0 Å². The van der Waals surface area contributed by atoms with Gasteiger partial charge in [0, 0.05) is 13.1 Å². The maximum absolute atomic E-state index is 8.44. The second-order valence-electron chi connectivity index (χ2n) is 4.26. The van der Waals surface area contributed by atoms with Gasteiger partial charge in [0.1, 0.15) is 6.10 Å². The number of rotatable bonds is 9. The van der Waals surface area contributed by atoms with Crippen LogP contribution in [0.3, 0.4) is 0 Å². The molecule has 0 rings (SSSR count). The largest absolute Gasteiger partial charge is 0.409 e. The van der Waals surface area contributed by atoms with Crippen LogP contribution in [0.2, 0.25) is 0 Å². The van der Waals surface area contributed by atoms with Crippen molar-refractivity contribution in [1.29, 1.82) is 0 Å². The average molecular weight is 247 g/mol. The molecule has 0 aliphatic rings. The average Bonchev–Trinajstić information content (AvgIpc) is 2.27. The Morgan fingerprint density at radius 2 is 1.76 bits per heavy atom. The molecule has 0 aromatic carbocycles. The van der Waals surface area contributed by atoms with Crippen LogP contribution in [0.5, 0.6) is 0 Å². The number of hydrogen-bond acceptors (Lipinski definition) is 5. The Balaban J connectivity index is 3.54. The van der Waals surface area contributed by atoms with Crippen molar-refractivity contribution < 1.29 is 14.7 Å². The molecule has 0 bridgehead atoms. The summed E-state index contributed by atoms with van der Waals surface area (Å²) in [4.78, 5) is 2.11. The Kier molecular flexibility index (Phi) is 8.75. The van der Waals surface area contributed by atoms with Gasteiger partial charge in [-0.2, -0.15) is 0 Å². The first-order chi connectivity index (χ1) is 7.97. The highest BCUT2D eigenvalue weighted by atomic mass is 16.5. The molecule has 0 aromatic heterocycles. The molecule has 1 unspecified atom stereocenters. The molecule has 0 aliphatic carbocycles. The molecule has 102 valence electrons. The van der Waals surface area contributed by atoms with E-state index in [-0.39, 0.29) is 18.0 Å². The minimum Gasteiger partial charge on any atom is -0.409 e. The molecule has 0 saturated heterocycles. The fourth-order valence-electron chi connectivity index (χ4n) is 1.11. The summed E-state index contributed by atoms with van der Waals surface area (Å²) < 4.78 is 10.8. The lowest BCUT2D eigenvalue weighted by atomic mass is 10.4. The molecular formula is C11H25N3O3. The first-order valence-electron chi connectivity index (χ1n) is 5.86. The molecule has 6 heteroatoms. The van der Waals surface area contributed by atoms with Gasteiger partial charge in [-0.1, -0.05) is 5.16 Å². The highest BCUT2D eigenvalue weighted by Crippen LogP contribution is 1.93. The minimum absolute atomic E-state index is 0.0933. The summed E-state index contributed by atoms with van der Waals surface area (Å²) in [5.74, 6) is 0.0933. The lowest BCUT2D eigenvalue weighted by Crippen LogP contribution is -2.33. The third-order valence-electron chi connectivity index (χ3n) is 2.30. The van der Waals surface area contributed by atoms with E-state index in [2.05, 4.69) is 10.1 Å². The normalized spacial score (nSPS) is 14.6. The first kappa shape index (κ1) is 16.1. The van der Waals surface area contributed by atoms with Crippen LogP contribution in [-0.2, 0) is 9.47 Å². The van der Waals surface area contributed by atoms with E-state index in [0.717, 1.165) is 13.1 Å². The zero-order valence-electron chi connectivity index (χ0n) is 11.2. The van der Waals surface area contributed by atoms with Gasteiger partial charge in [-0.3, -0.25) is 0 Å². The quantitative estimate of drug-likeness (QED) is 0.268. The molecule has 6 nitrogen and oxygen atoms in total. The molecule has 1 atom stereocenters. The summed E-state index contributed by atoms with van der Waals surface area (Å²) >= 11 is 0. The van der Waals surface area contributed by atoms with Gasteiger partial charge in [0.25, 0.3) is 0 Å². The predicted octanol–water partition coefficient (Wildman–Crippen LogP) is 0.495. The molecule has 0 aliphatic heterocycles. The number of likely N-dealkylation sites (N-methyl/N-ethyl adjacent to an activating group) is 1. The van der Waals surface area contributed by atoms with Gasteiger partial charge in [-0.05, 0) is 27.8 Å². The van der Waals surface area contributed by atoms with E-state index in [0.29, 0.717) is 13.2 Å². The number of amidine groups is 1. The zero-order valence-corrected chi connectivity index (χ0v) is 11.2. The Bertz CT molecular complexity index is 222. The van der Waals surface area contributed by atoms with Crippen molar-refractivity contribution in [1.82, 2.24) is 4.90 Å². The molecule has 17 heavy (non-hydrogen) atoms. The Morgan fingerprint density at radius 1 is 1.24 bits per heavy atom. The van der Waals surface area contributed by atoms with Crippen molar-refractivity contribution in [3.8, 4) is 0 Å². The van der Waals surface area contributed by atoms with Crippen molar-refractivity contribution >= 4 is 5.84 Å². The number of nitrogens with zero attached hydrogens (tertiary/aromatic N) is 2. The summed E-state index contributed by atoms with van der Waals surface area (Å²) in [5.41, 5.74) is 5.39. The van der Waals surface area contributed by atoms with E-state index in [1.165, 1.54) is 0 Å². The van der Waals surface area contributed by atoms with Crippen LogP contribution in [-0.4, -0.2) is 61.5 Å². The topological polar surface area (TPSA) is 80.3 Å². The lowest BCUT2D eigenvalue weighted by molar-refractivity contribution is 0.0497. The van der Waals surface area contributed by atoms with Gasteiger partial charge < -0.3 is 25.3 Å². The summed E-state index contributed by atoms with van der Waals surface area (Å²) in [6.07, 6.45) is -0.0967. The van der Waals surface area contributed by atoms with E-state index in [9.17, 15) is 0 Å². The van der Waals surface area contributed by atoms with Gasteiger partial charge in [0.15, 0.2) is 5.84 Å². The minimum atomic E-state index is -0.361. The molecule has 0 radical (unpaired) electrons. The van der Waals surface area contributed by atoms with Crippen LogP contribution in [0.1, 0.15) is 20.8 Å². The van der Waals surface area contributed by atoms with Crippen molar-refractivity contribution in [2.45, 2.75) is 33.0 Å². The summed E-state index contributed by atoms with van der Waals surface area (Å²) in [7, 11) is 2.00. The van der Waals surface area contributed by atoms with E-state index in [1.807, 2.05) is 20.9 Å². The molecule has 0 spiro atoms. The van der Waals surface area contributed by atoms with Crippen LogP contribution in [0.4, 0.5) is 0 Å². The second-order valence-corrected chi connectivity index (χ2v) is 4.26. The molecule has 0 aromatic rings. The molecule has 0 fully saturated rings. The fraction of sp³-hybridized carbons (Fsp3) is 0.909. The summed E-state index contributed by atoms with van der Waals surface area (Å²) in [6, 6.07) is 0. The standard InChI is InChI=1S/C11H25N3O3/c1-9(2)16-7-5-14(4)6-8-17-10(3)11(12)13-15/h9-10,15H,5-8H2,1-4H3,(H2,12,13). The lowest BCUT2D eigenvalue weighted by Gasteiger charge is -2.19. The number of oxime groups is 1. The second kappa shape index (κ2) is 9.21. The van der Waals surface area contributed by atoms with Crippen molar-refractivity contribution in [2.24, 2.45) is 10.9 Å². The maximum Gasteiger partial charge on any atom is 0.168 e. The summed E-state index contributed by atoms with van der Waals surface area (Å²) in [6.45, 7) is 8.67. The van der Waals surface area contributed by atoms with Gasteiger partial charge in [-0.25, -0.2) is 0 Å². The molecule has 0 saturated carbocycles. The van der Waals surface area contributed by atoms with E-state index in [4.69, 9.17) is 20.4 Å². The van der Waals surface area contributed by atoms with E-state index in [1.54, 1.807) is 6.92 Å². The first-order valence-corrected chi connectivity index (χ1v) is 5.86. The van der Waals surface area contributed by atoms with Crippen molar-refractivity contribution in [3.63, 3.8) is 0 Å². The zero-order chi connectivity index (χ0) is 13.3. The SMILES string of the molecule is CC(C)OCCN(C)CCOC(C)C(N)=NO. The Hall–Kier alpha value is -0.850. The monoisotopic (exact) mass is 247 g/mol. The molecular weight excluding hydrogens is 222 g/mol. The van der Waals surface area contributed by atoms with Crippen LogP contribution >= 0.6 is 0 Å².